The van der Waals surface area contributed by atoms with Gasteiger partial charge in [0.2, 0.25) is 0 Å². The second-order valence-electron chi connectivity index (χ2n) is 5.51. The lowest BCUT2D eigenvalue weighted by Gasteiger charge is -2.09. The maximum absolute atomic E-state index is 5.78. The van der Waals surface area contributed by atoms with Crippen LogP contribution in [0.25, 0.3) is 11.2 Å². The van der Waals surface area contributed by atoms with Crippen molar-refractivity contribution in [2.75, 3.05) is 5.32 Å². The number of hydrogen-bond donors (Lipinski definition) is 2. The first-order valence-electron chi connectivity index (χ1n) is 7.69. The van der Waals surface area contributed by atoms with E-state index in [9.17, 15) is 0 Å². The molecule has 0 amide bonds. The van der Waals surface area contributed by atoms with Crippen LogP contribution in [0.15, 0.2) is 43.0 Å². The molecule has 3 aromatic heterocycles. The highest BCUT2D eigenvalue weighted by Gasteiger charge is 2.08. The first-order chi connectivity index (χ1) is 12.2. The zero-order valence-electron chi connectivity index (χ0n) is 13.7. The molecule has 4 aromatic rings. The molecule has 25 heavy (non-hydrogen) atoms. The number of hydrogen-bond acceptors (Lipinski definition) is 7. The molecule has 0 fully saturated rings. The van der Waals surface area contributed by atoms with E-state index in [1.807, 2.05) is 44.2 Å². The Bertz CT molecular complexity index is 1020. The third-order valence-corrected chi connectivity index (χ3v) is 3.49. The zero-order valence-corrected chi connectivity index (χ0v) is 13.7. The Morgan fingerprint density at radius 1 is 1.00 bits per heavy atom. The molecule has 0 bridgehead atoms. The molecule has 0 unspecified atom stereocenters. The number of H-pyrrole nitrogens is 1. The van der Waals surface area contributed by atoms with Crippen molar-refractivity contribution >= 4 is 22.7 Å². The molecule has 1 aromatic carbocycles. The summed E-state index contributed by atoms with van der Waals surface area (Å²) in [4.78, 5) is 24.1. The van der Waals surface area contributed by atoms with E-state index in [0.717, 1.165) is 22.6 Å². The molecule has 0 saturated carbocycles. The minimum Gasteiger partial charge on any atom is -0.424 e. The number of aromatic amines is 1. The molecular formula is C17H15N7O. The van der Waals surface area contributed by atoms with Crippen LogP contribution in [0.4, 0.5) is 11.5 Å². The van der Waals surface area contributed by atoms with Crippen molar-refractivity contribution in [1.82, 2.24) is 29.9 Å². The molecule has 3 heterocycles. The monoisotopic (exact) mass is 333 g/mol. The van der Waals surface area contributed by atoms with Crippen LogP contribution in [-0.4, -0.2) is 29.9 Å². The van der Waals surface area contributed by atoms with Crippen molar-refractivity contribution < 1.29 is 4.74 Å². The molecule has 0 radical (unpaired) electrons. The van der Waals surface area contributed by atoms with Crippen LogP contribution in [-0.2, 0) is 0 Å². The summed E-state index contributed by atoms with van der Waals surface area (Å²) < 4.78 is 5.78. The van der Waals surface area contributed by atoms with Gasteiger partial charge in [0.1, 0.15) is 17.6 Å². The highest BCUT2D eigenvalue weighted by atomic mass is 16.5. The summed E-state index contributed by atoms with van der Waals surface area (Å²) in [5.41, 5.74) is 3.88. The van der Waals surface area contributed by atoms with Crippen LogP contribution in [0, 0.1) is 13.8 Å². The van der Waals surface area contributed by atoms with Crippen molar-refractivity contribution in [1.29, 1.82) is 0 Å². The summed E-state index contributed by atoms with van der Waals surface area (Å²) in [6.07, 6.45) is 3.05. The van der Waals surface area contributed by atoms with E-state index >= 15 is 0 Å². The standard InChI is InChI=1S/C17H15N7O/c1-10-6-11(2)23-17(22-10)25-13-5-3-4-12(7-13)24-16-14-15(19-8-18-14)20-9-21-16/h3-9H,1-2H3,(H2,18,19,20,21,24). The second-order valence-corrected chi connectivity index (χ2v) is 5.51. The van der Waals surface area contributed by atoms with E-state index in [0.29, 0.717) is 23.2 Å². The van der Waals surface area contributed by atoms with Gasteiger partial charge in [-0.3, -0.25) is 0 Å². The second kappa shape index (κ2) is 6.16. The largest absolute Gasteiger partial charge is 0.424 e. The van der Waals surface area contributed by atoms with Gasteiger partial charge in [0.15, 0.2) is 11.5 Å². The van der Waals surface area contributed by atoms with E-state index in [4.69, 9.17) is 4.74 Å². The number of aryl methyl sites for hydroxylation is 2. The number of anilines is 2. The number of aromatic nitrogens is 6. The first kappa shape index (κ1) is 15.0. The van der Waals surface area contributed by atoms with Gasteiger partial charge in [0.25, 0.3) is 0 Å². The van der Waals surface area contributed by atoms with Crippen LogP contribution in [0.2, 0.25) is 0 Å². The molecule has 0 aliphatic heterocycles. The molecule has 0 aliphatic rings. The number of rotatable bonds is 4. The summed E-state index contributed by atoms with van der Waals surface area (Å²) >= 11 is 0. The van der Waals surface area contributed by atoms with Crippen LogP contribution in [0.5, 0.6) is 11.8 Å². The molecule has 8 nitrogen and oxygen atoms in total. The molecule has 8 heteroatoms. The minimum absolute atomic E-state index is 0.327. The molecule has 0 saturated heterocycles. The summed E-state index contributed by atoms with van der Waals surface area (Å²) in [6, 6.07) is 9.72. The Labute approximate surface area is 143 Å². The maximum atomic E-state index is 5.78. The number of nitrogens with one attached hydrogen (secondary N) is 2. The molecular weight excluding hydrogens is 318 g/mol. The smallest absolute Gasteiger partial charge is 0.322 e. The zero-order chi connectivity index (χ0) is 17.2. The number of fused-ring (bicyclic) bond motifs is 1. The normalized spacial score (nSPS) is 10.8. The van der Waals surface area contributed by atoms with E-state index in [2.05, 4.69) is 35.2 Å². The van der Waals surface area contributed by atoms with E-state index in [-0.39, 0.29) is 0 Å². The molecule has 4 rings (SSSR count). The van der Waals surface area contributed by atoms with Gasteiger partial charge in [-0.15, -0.1) is 0 Å². The van der Waals surface area contributed by atoms with Crippen molar-refractivity contribution in [3.8, 4) is 11.8 Å². The highest BCUT2D eigenvalue weighted by molar-refractivity contribution is 5.84. The Balaban J connectivity index is 1.60. The van der Waals surface area contributed by atoms with Crippen LogP contribution in [0.1, 0.15) is 11.4 Å². The lowest BCUT2D eigenvalue weighted by atomic mass is 10.3. The number of ether oxygens (including phenoxy) is 1. The first-order valence-corrected chi connectivity index (χ1v) is 7.69. The Morgan fingerprint density at radius 2 is 1.84 bits per heavy atom. The number of benzene rings is 1. The van der Waals surface area contributed by atoms with Crippen molar-refractivity contribution in [2.24, 2.45) is 0 Å². The number of imidazole rings is 1. The van der Waals surface area contributed by atoms with Crippen molar-refractivity contribution in [2.45, 2.75) is 13.8 Å². The fourth-order valence-corrected chi connectivity index (χ4v) is 2.48. The van der Waals surface area contributed by atoms with E-state index < -0.39 is 0 Å². The molecule has 0 atom stereocenters. The lowest BCUT2D eigenvalue weighted by Crippen LogP contribution is -1.98. The fraction of sp³-hybridized carbons (Fsp3) is 0.118. The van der Waals surface area contributed by atoms with Gasteiger partial charge >= 0.3 is 6.01 Å². The van der Waals surface area contributed by atoms with E-state index in [1.54, 1.807) is 6.33 Å². The Kier molecular flexibility index (Phi) is 3.70. The predicted molar refractivity (Wildman–Crippen MR) is 93.0 cm³/mol. The quantitative estimate of drug-likeness (QED) is 0.591. The van der Waals surface area contributed by atoms with Gasteiger partial charge in [-0.2, -0.15) is 0 Å². The number of nitrogens with zero attached hydrogens (tertiary/aromatic N) is 5. The molecule has 2 N–H and O–H groups in total. The summed E-state index contributed by atoms with van der Waals surface area (Å²) in [5.74, 6) is 1.27. The van der Waals surface area contributed by atoms with Gasteiger partial charge in [-0.25, -0.2) is 24.9 Å². The van der Waals surface area contributed by atoms with E-state index in [1.165, 1.54) is 6.33 Å². The average molecular weight is 333 g/mol. The maximum Gasteiger partial charge on any atom is 0.322 e. The van der Waals surface area contributed by atoms with Crippen LogP contribution in [0.3, 0.4) is 0 Å². The van der Waals surface area contributed by atoms with Gasteiger partial charge in [0.05, 0.1) is 6.33 Å². The van der Waals surface area contributed by atoms with Gasteiger partial charge in [-0.05, 0) is 32.0 Å². The van der Waals surface area contributed by atoms with Crippen molar-refractivity contribution in [3.05, 3.63) is 54.4 Å². The Hall–Kier alpha value is -3.55. The van der Waals surface area contributed by atoms with Gasteiger partial charge < -0.3 is 15.0 Å². The highest BCUT2D eigenvalue weighted by Crippen LogP contribution is 2.25. The average Bonchev–Trinajstić information content (AvgIpc) is 3.04. The molecule has 124 valence electrons. The third kappa shape index (κ3) is 3.23. The Morgan fingerprint density at radius 3 is 2.68 bits per heavy atom. The summed E-state index contributed by atoms with van der Waals surface area (Å²) in [5, 5.41) is 3.24. The van der Waals surface area contributed by atoms with Crippen molar-refractivity contribution in [3.63, 3.8) is 0 Å². The predicted octanol–water partition coefficient (Wildman–Crippen LogP) is 3.30. The topological polar surface area (TPSA) is 101 Å². The molecule has 0 spiro atoms. The SMILES string of the molecule is Cc1cc(C)nc(Oc2cccc(Nc3ncnc4nc[nH]c34)c2)n1. The summed E-state index contributed by atoms with van der Waals surface area (Å²) in [7, 11) is 0. The minimum atomic E-state index is 0.327. The van der Waals surface area contributed by atoms with Gasteiger partial charge in [-0.1, -0.05) is 6.07 Å². The van der Waals surface area contributed by atoms with Crippen LogP contribution < -0.4 is 10.1 Å². The fourth-order valence-electron chi connectivity index (χ4n) is 2.48. The lowest BCUT2D eigenvalue weighted by molar-refractivity contribution is 0.439. The third-order valence-electron chi connectivity index (χ3n) is 3.49. The molecule has 0 aliphatic carbocycles. The van der Waals surface area contributed by atoms with Gasteiger partial charge in [0, 0.05) is 23.1 Å². The van der Waals surface area contributed by atoms with Crippen LogP contribution >= 0.6 is 0 Å². The summed E-state index contributed by atoms with van der Waals surface area (Å²) in [6.45, 7) is 3.81.